The van der Waals surface area contributed by atoms with E-state index in [4.69, 9.17) is 6.99 Å². The van der Waals surface area contributed by atoms with Gasteiger partial charge in [0.05, 0.1) is 0 Å². The molecule has 2 nitrogen and oxygen atoms in total. The normalized spacial score (nSPS) is 36.5. The van der Waals surface area contributed by atoms with Gasteiger partial charge in [-0.2, -0.15) is 0 Å². The Morgan fingerprint density at radius 2 is 0.767 bits per heavy atom. The van der Waals surface area contributed by atoms with E-state index in [2.05, 4.69) is 65.8 Å². The van der Waals surface area contributed by atoms with Crippen LogP contribution in [0.4, 0.5) is 0 Å². The number of nitrogens with zero attached hydrogens (tertiary/aromatic N) is 2. The molecule has 43 heavy (non-hydrogen) atoms. The molecular formula is C40H56MoN2. The maximum absolute atomic E-state index is 5.46. The van der Waals surface area contributed by atoms with Crippen molar-refractivity contribution >= 4 is 0 Å². The Kier molecular flexibility index (Phi) is 9.21. The van der Waals surface area contributed by atoms with Crippen molar-refractivity contribution in [2.45, 2.75) is 127 Å². The standard InChI is InChI=1S/2C10H15N.2C10H13.Mo/c2*11-10-4-7-1-8(5-10)3-9(2-7)6-10;2*1-10(2,3)9-7-5-4-6-8-9;/h2*7-9H,1-6H2;2*4-8H,1H2,2-3H3;/q;;2*-1;+2. The van der Waals surface area contributed by atoms with Crippen LogP contribution in [0.15, 0.2) is 67.7 Å². The minimum atomic E-state index is -0.456. The zero-order chi connectivity index (χ0) is 30.3. The summed E-state index contributed by atoms with van der Waals surface area (Å²) in [5, 5.41) is 0. The van der Waals surface area contributed by atoms with Gasteiger partial charge in [-0.15, -0.1) is 10.8 Å². The van der Waals surface area contributed by atoms with Gasteiger partial charge in [0, 0.05) is 0 Å². The molecule has 3 heteroatoms. The fourth-order valence-electron chi connectivity index (χ4n) is 10.3. The van der Waals surface area contributed by atoms with Crippen LogP contribution in [0.5, 0.6) is 0 Å². The molecule has 0 saturated heterocycles. The molecule has 0 atom stereocenters. The Balaban J connectivity index is 0.000000138. The van der Waals surface area contributed by atoms with Gasteiger partial charge in [-0.3, -0.25) is 0 Å². The van der Waals surface area contributed by atoms with Crippen molar-refractivity contribution < 1.29 is 18.2 Å². The zero-order valence-corrected chi connectivity index (χ0v) is 29.4. The average molecular weight is 661 g/mol. The van der Waals surface area contributed by atoms with E-state index in [1.807, 2.05) is 36.4 Å². The maximum Gasteiger partial charge on any atom is -0.0611 e. The predicted molar refractivity (Wildman–Crippen MR) is 176 cm³/mol. The molecule has 232 valence electrons. The number of rotatable bonds is 4. The molecule has 8 bridgehead atoms. The first-order valence-electron chi connectivity index (χ1n) is 17.3. The summed E-state index contributed by atoms with van der Waals surface area (Å²) < 4.78 is 10.9. The van der Waals surface area contributed by atoms with Gasteiger partial charge in [0.25, 0.3) is 0 Å². The van der Waals surface area contributed by atoms with Crippen LogP contribution in [0.1, 0.15) is 116 Å². The third-order valence-corrected chi connectivity index (χ3v) is 13.9. The van der Waals surface area contributed by atoms with E-state index in [0.717, 1.165) is 35.5 Å². The second-order valence-electron chi connectivity index (χ2n) is 17.0. The number of hydrogen-bond donors (Lipinski definition) is 0. The monoisotopic (exact) mass is 662 g/mol. The van der Waals surface area contributed by atoms with Crippen molar-refractivity contribution in [3.63, 3.8) is 0 Å². The summed E-state index contributed by atoms with van der Waals surface area (Å²) in [6.45, 7) is 16.5. The van der Waals surface area contributed by atoms with Crippen LogP contribution in [0.25, 0.3) is 0 Å². The molecule has 8 aliphatic rings. The van der Waals surface area contributed by atoms with E-state index in [1.54, 1.807) is 38.5 Å². The molecule has 0 heterocycles. The SMILES string of the molecule is C1C2CC3CC1CC([N]=[Mo+2]=[N]C14CC5CC(CC(C5)C1)C4)(C2)C3.[CH2-]C(C)(C)c1ccccc1.[CH2-]C(C)(C)c1ccccc1. The van der Waals surface area contributed by atoms with Crippen LogP contribution in [0.3, 0.4) is 0 Å². The zero-order valence-electron chi connectivity index (χ0n) is 27.4. The Morgan fingerprint density at radius 3 is 0.977 bits per heavy atom. The second-order valence-corrected chi connectivity index (χ2v) is 18.3. The van der Waals surface area contributed by atoms with Crippen molar-refractivity contribution in [2.75, 3.05) is 0 Å². The van der Waals surface area contributed by atoms with Crippen molar-refractivity contribution in [2.24, 2.45) is 42.5 Å². The average Bonchev–Trinajstić information content (AvgIpc) is 2.92. The summed E-state index contributed by atoms with van der Waals surface area (Å²) in [4.78, 5) is 0. The Hall–Kier alpha value is -1.27. The minimum absolute atomic E-state index is 0.0429. The molecule has 10 rings (SSSR count). The van der Waals surface area contributed by atoms with Crippen molar-refractivity contribution in [1.82, 2.24) is 0 Å². The summed E-state index contributed by atoms with van der Waals surface area (Å²) in [6, 6.07) is 20.6. The van der Waals surface area contributed by atoms with E-state index < -0.39 is 18.2 Å². The summed E-state index contributed by atoms with van der Waals surface area (Å²) >= 11 is -0.456. The van der Waals surface area contributed by atoms with Gasteiger partial charge in [0.2, 0.25) is 0 Å². The molecule has 0 amide bonds. The van der Waals surface area contributed by atoms with Crippen molar-refractivity contribution in [3.8, 4) is 0 Å². The van der Waals surface area contributed by atoms with Crippen LogP contribution in [0.2, 0.25) is 0 Å². The molecule has 8 aliphatic carbocycles. The smallest absolute Gasteiger partial charge is 0.0611 e. The van der Waals surface area contributed by atoms with E-state index in [-0.39, 0.29) is 10.8 Å². The first-order chi connectivity index (χ1) is 20.4. The van der Waals surface area contributed by atoms with Gasteiger partial charge < -0.3 is 13.8 Å². The summed E-state index contributed by atoms with van der Waals surface area (Å²) in [7, 11) is 0. The quantitative estimate of drug-likeness (QED) is 0.230. The molecule has 2 aromatic rings. The van der Waals surface area contributed by atoms with E-state index in [9.17, 15) is 0 Å². The van der Waals surface area contributed by atoms with Crippen LogP contribution in [-0.4, -0.2) is 11.1 Å². The molecule has 0 N–H and O–H groups in total. The van der Waals surface area contributed by atoms with Gasteiger partial charge in [-0.1, -0.05) is 99.5 Å². The Bertz CT molecular complexity index is 1110. The molecule has 0 spiro atoms. The third-order valence-electron chi connectivity index (χ3n) is 11.6. The molecule has 0 radical (unpaired) electrons. The minimum Gasteiger partial charge on any atom is -0.333 e. The molecule has 0 unspecified atom stereocenters. The third kappa shape index (κ3) is 7.76. The predicted octanol–water partition coefficient (Wildman–Crippen LogP) is 11.0. The largest absolute Gasteiger partial charge is 0.333 e. The first kappa shape index (κ1) is 31.7. The number of benzene rings is 2. The van der Waals surface area contributed by atoms with Crippen LogP contribution in [0, 0.1) is 49.4 Å². The first-order valence-corrected chi connectivity index (χ1v) is 19.1. The molecular weight excluding hydrogens is 604 g/mol. The van der Waals surface area contributed by atoms with E-state index >= 15 is 0 Å². The van der Waals surface area contributed by atoms with E-state index in [1.165, 1.54) is 49.7 Å². The summed E-state index contributed by atoms with van der Waals surface area (Å²) in [5.74, 6) is 6.23. The molecule has 8 fully saturated rings. The molecule has 0 aliphatic heterocycles. The van der Waals surface area contributed by atoms with Gasteiger partial charge in [0.1, 0.15) is 0 Å². The van der Waals surface area contributed by atoms with E-state index in [0.29, 0.717) is 11.1 Å². The molecule has 2 aromatic carbocycles. The van der Waals surface area contributed by atoms with Crippen LogP contribution in [-0.2, 0) is 29.0 Å². The van der Waals surface area contributed by atoms with Crippen LogP contribution >= 0.6 is 0 Å². The van der Waals surface area contributed by atoms with Gasteiger partial charge in [-0.25, -0.2) is 0 Å². The fraction of sp³-hybridized carbons (Fsp3) is 0.650. The number of hydrogen-bond acceptors (Lipinski definition) is 2. The van der Waals surface area contributed by atoms with Gasteiger partial charge in [-0.05, 0) is 0 Å². The Labute approximate surface area is 271 Å². The second kappa shape index (κ2) is 12.5. The topological polar surface area (TPSA) is 24.7 Å². The molecule has 8 saturated carbocycles. The maximum atomic E-state index is 5.46. The van der Waals surface area contributed by atoms with Crippen molar-refractivity contribution in [1.29, 1.82) is 0 Å². The Morgan fingerprint density at radius 1 is 0.512 bits per heavy atom. The van der Waals surface area contributed by atoms with Crippen molar-refractivity contribution in [3.05, 3.63) is 85.6 Å². The molecule has 0 aromatic heterocycles. The summed E-state index contributed by atoms with van der Waals surface area (Å²) in [6.07, 6.45) is 17.9. The van der Waals surface area contributed by atoms with Crippen LogP contribution < -0.4 is 0 Å². The van der Waals surface area contributed by atoms with Gasteiger partial charge in [0.15, 0.2) is 0 Å². The fourth-order valence-corrected chi connectivity index (χ4v) is 12.4. The van der Waals surface area contributed by atoms with Gasteiger partial charge >= 0.3 is 149 Å². The summed E-state index contributed by atoms with van der Waals surface area (Å²) in [5.41, 5.74) is 3.53.